The Balaban J connectivity index is 1.67. The van der Waals surface area contributed by atoms with Crippen LogP contribution in [-0.4, -0.2) is 15.7 Å². The summed E-state index contributed by atoms with van der Waals surface area (Å²) in [5, 5.41) is 7.16. The van der Waals surface area contributed by atoms with Crippen molar-refractivity contribution >= 4 is 11.6 Å². The molecule has 4 nitrogen and oxygen atoms in total. The number of rotatable bonds is 3. The number of carbonyl (C=O) groups excluding carboxylic acids is 1. The van der Waals surface area contributed by atoms with E-state index >= 15 is 0 Å². The summed E-state index contributed by atoms with van der Waals surface area (Å²) < 4.78 is 1.79. The van der Waals surface area contributed by atoms with Crippen LogP contribution in [0.1, 0.15) is 25.7 Å². The van der Waals surface area contributed by atoms with Gasteiger partial charge in [-0.25, -0.2) is 4.68 Å². The van der Waals surface area contributed by atoms with Crippen LogP contribution >= 0.6 is 0 Å². The van der Waals surface area contributed by atoms with Crippen molar-refractivity contribution < 1.29 is 4.79 Å². The van der Waals surface area contributed by atoms with Crippen LogP contribution in [0.3, 0.4) is 0 Å². The van der Waals surface area contributed by atoms with Crippen LogP contribution in [-0.2, 0) is 4.79 Å². The SMILES string of the molecule is O=C(Nc1ccc(-n2cccn2)cc1)C1CCCC1. The zero-order chi connectivity index (χ0) is 13.1. The minimum atomic E-state index is 0.157. The minimum absolute atomic E-state index is 0.157. The van der Waals surface area contributed by atoms with Gasteiger partial charge in [0.15, 0.2) is 0 Å². The second-order valence-corrected chi connectivity index (χ2v) is 4.97. The van der Waals surface area contributed by atoms with Crippen LogP contribution in [0, 0.1) is 5.92 Å². The molecule has 1 N–H and O–H groups in total. The number of anilines is 1. The molecule has 1 amide bonds. The predicted octanol–water partition coefficient (Wildman–Crippen LogP) is 3.00. The summed E-state index contributed by atoms with van der Waals surface area (Å²) in [6, 6.07) is 9.64. The summed E-state index contributed by atoms with van der Waals surface area (Å²) in [5.74, 6) is 0.357. The highest BCUT2D eigenvalue weighted by molar-refractivity contribution is 5.92. The third kappa shape index (κ3) is 2.67. The van der Waals surface area contributed by atoms with Gasteiger partial charge in [-0.05, 0) is 43.2 Å². The molecule has 0 bridgehead atoms. The average Bonchev–Trinajstić information content (AvgIpc) is 3.13. The van der Waals surface area contributed by atoms with Gasteiger partial charge in [0, 0.05) is 24.0 Å². The Hall–Kier alpha value is -2.10. The Bertz CT molecular complexity index is 539. The molecule has 3 rings (SSSR count). The van der Waals surface area contributed by atoms with Gasteiger partial charge in [-0.2, -0.15) is 5.10 Å². The Morgan fingerprint density at radius 1 is 1.21 bits per heavy atom. The van der Waals surface area contributed by atoms with Gasteiger partial charge in [0.25, 0.3) is 0 Å². The van der Waals surface area contributed by atoms with Crippen molar-refractivity contribution in [2.75, 3.05) is 5.32 Å². The van der Waals surface area contributed by atoms with Crippen LogP contribution in [0.4, 0.5) is 5.69 Å². The summed E-state index contributed by atoms with van der Waals surface area (Å²) >= 11 is 0. The van der Waals surface area contributed by atoms with Gasteiger partial charge in [0.05, 0.1) is 5.69 Å². The number of amides is 1. The van der Waals surface area contributed by atoms with E-state index in [1.807, 2.05) is 36.5 Å². The third-order valence-electron chi connectivity index (χ3n) is 3.63. The summed E-state index contributed by atoms with van der Waals surface area (Å²) in [6.45, 7) is 0. The quantitative estimate of drug-likeness (QED) is 0.916. The van der Waals surface area contributed by atoms with Crippen LogP contribution in [0.5, 0.6) is 0 Å². The predicted molar refractivity (Wildman–Crippen MR) is 74.2 cm³/mol. The van der Waals surface area contributed by atoms with Gasteiger partial charge in [-0.15, -0.1) is 0 Å². The van der Waals surface area contributed by atoms with E-state index < -0.39 is 0 Å². The van der Waals surface area contributed by atoms with Gasteiger partial charge in [0.1, 0.15) is 0 Å². The normalized spacial score (nSPS) is 15.6. The molecule has 0 saturated heterocycles. The van der Waals surface area contributed by atoms with Crippen LogP contribution in [0.2, 0.25) is 0 Å². The highest BCUT2D eigenvalue weighted by Crippen LogP contribution is 2.26. The van der Waals surface area contributed by atoms with Crippen molar-refractivity contribution in [1.29, 1.82) is 0 Å². The Kier molecular flexibility index (Phi) is 3.31. The standard InChI is InChI=1S/C15H17N3O/c19-15(12-4-1-2-5-12)17-13-6-8-14(9-7-13)18-11-3-10-16-18/h3,6-12H,1-2,4-5H2,(H,17,19). The van der Waals surface area contributed by atoms with Crippen LogP contribution in [0.15, 0.2) is 42.7 Å². The zero-order valence-corrected chi connectivity index (χ0v) is 10.7. The van der Waals surface area contributed by atoms with Crippen LogP contribution < -0.4 is 5.32 Å². The fraction of sp³-hybridized carbons (Fsp3) is 0.333. The van der Waals surface area contributed by atoms with E-state index in [1.165, 1.54) is 12.8 Å². The smallest absolute Gasteiger partial charge is 0.227 e. The van der Waals surface area contributed by atoms with E-state index in [-0.39, 0.29) is 11.8 Å². The van der Waals surface area contributed by atoms with Gasteiger partial charge in [0.2, 0.25) is 5.91 Å². The lowest BCUT2D eigenvalue weighted by Gasteiger charge is -2.10. The van der Waals surface area contributed by atoms with E-state index in [0.29, 0.717) is 0 Å². The zero-order valence-electron chi connectivity index (χ0n) is 10.7. The highest BCUT2D eigenvalue weighted by Gasteiger charge is 2.22. The highest BCUT2D eigenvalue weighted by atomic mass is 16.1. The molecule has 1 aromatic heterocycles. The average molecular weight is 255 g/mol. The summed E-state index contributed by atoms with van der Waals surface area (Å²) in [4.78, 5) is 12.0. The lowest BCUT2D eigenvalue weighted by atomic mass is 10.1. The van der Waals surface area contributed by atoms with E-state index in [4.69, 9.17) is 0 Å². The first-order chi connectivity index (χ1) is 9.33. The van der Waals surface area contributed by atoms with Crippen molar-refractivity contribution in [3.05, 3.63) is 42.7 Å². The molecule has 1 saturated carbocycles. The number of nitrogens with zero attached hydrogens (tertiary/aromatic N) is 2. The molecule has 0 radical (unpaired) electrons. The van der Waals surface area contributed by atoms with E-state index in [0.717, 1.165) is 24.2 Å². The fourth-order valence-electron chi connectivity index (χ4n) is 2.55. The van der Waals surface area contributed by atoms with Crippen molar-refractivity contribution in [3.8, 4) is 5.69 Å². The molecule has 98 valence electrons. The lowest BCUT2D eigenvalue weighted by molar-refractivity contribution is -0.119. The van der Waals surface area contributed by atoms with Crippen molar-refractivity contribution in [2.24, 2.45) is 5.92 Å². The van der Waals surface area contributed by atoms with Gasteiger partial charge in [-0.3, -0.25) is 4.79 Å². The Morgan fingerprint density at radius 2 is 1.95 bits per heavy atom. The molecule has 2 aromatic rings. The molecular weight excluding hydrogens is 238 g/mol. The third-order valence-corrected chi connectivity index (χ3v) is 3.63. The van der Waals surface area contributed by atoms with Crippen molar-refractivity contribution in [3.63, 3.8) is 0 Å². The van der Waals surface area contributed by atoms with E-state index in [9.17, 15) is 4.79 Å². The first-order valence-corrected chi connectivity index (χ1v) is 6.74. The monoisotopic (exact) mass is 255 g/mol. The molecule has 1 aliphatic carbocycles. The van der Waals surface area contributed by atoms with E-state index in [2.05, 4.69) is 10.4 Å². The lowest BCUT2D eigenvalue weighted by Crippen LogP contribution is -2.20. The minimum Gasteiger partial charge on any atom is -0.326 e. The Morgan fingerprint density at radius 3 is 2.58 bits per heavy atom. The van der Waals surface area contributed by atoms with Gasteiger partial charge >= 0.3 is 0 Å². The summed E-state index contributed by atoms with van der Waals surface area (Å²) in [7, 11) is 0. The molecule has 0 atom stereocenters. The van der Waals surface area contributed by atoms with Crippen molar-refractivity contribution in [2.45, 2.75) is 25.7 Å². The summed E-state index contributed by atoms with van der Waals surface area (Å²) in [6.07, 6.45) is 8.04. The maximum atomic E-state index is 12.0. The number of aromatic nitrogens is 2. The molecule has 19 heavy (non-hydrogen) atoms. The largest absolute Gasteiger partial charge is 0.326 e. The number of nitrogens with one attached hydrogen (secondary N) is 1. The summed E-state index contributed by atoms with van der Waals surface area (Å²) in [5.41, 5.74) is 1.84. The molecule has 1 fully saturated rings. The van der Waals surface area contributed by atoms with Gasteiger partial charge < -0.3 is 5.32 Å². The fourth-order valence-corrected chi connectivity index (χ4v) is 2.55. The number of hydrogen-bond acceptors (Lipinski definition) is 2. The second kappa shape index (κ2) is 5.26. The molecule has 0 spiro atoms. The number of hydrogen-bond donors (Lipinski definition) is 1. The van der Waals surface area contributed by atoms with Gasteiger partial charge in [-0.1, -0.05) is 12.8 Å². The van der Waals surface area contributed by atoms with Crippen LogP contribution in [0.25, 0.3) is 5.69 Å². The number of carbonyl (C=O) groups is 1. The molecule has 0 unspecified atom stereocenters. The molecule has 0 aliphatic heterocycles. The second-order valence-electron chi connectivity index (χ2n) is 4.97. The first-order valence-electron chi connectivity index (χ1n) is 6.74. The maximum absolute atomic E-state index is 12.0. The molecular formula is C15H17N3O. The molecule has 4 heteroatoms. The topological polar surface area (TPSA) is 46.9 Å². The van der Waals surface area contributed by atoms with E-state index in [1.54, 1.807) is 10.9 Å². The first kappa shape index (κ1) is 12.0. The molecule has 1 aliphatic rings. The molecule has 1 heterocycles. The van der Waals surface area contributed by atoms with Crippen molar-refractivity contribution in [1.82, 2.24) is 9.78 Å². The Labute approximate surface area is 112 Å². The molecule has 1 aromatic carbocycles. The number of benzene rings is 1. The maximum Gasteiger partial charge on any atom is 0.227 e.